The van der Waals surface area contributed by atoms with Crippen LogP contribution >= 0.6 is 0 Å². The monoisotopic (exact) mass is 328 g/mol. The molecule has 0 atom stereocenters. The molecule has 0 saturated carbocycles. The summed E-state index contributed by atoms with van der Waals surface area (Å²) >= 11 is 0. The van der Waals surface area contributed by atoms with Gasteiger partial charge in [-0.1, -0.05) is 0 Å². The lowest BCUT2D eigenvalue weighted by Crippen LogP contribution is -2.36. The Morgan fingerprint density at radius 1 is 1.21 bits per heavy atom. The van der Waals surface area contributed by atoms with E-state index in [9.17, 15) is 9.50 Å². The lowest BCUT2D eigenvalue weighted by molar-refractivity contribution is 0.122. The Morgan fingerprint density at radius 2 is 2.00 bits per heavy atom. The molecule has 0 radical (unpaired) electrons. The Hall–Kier alpha value is -2.67. The highest BCUT2D eigenvalue weighted by Crippen LogP contribution is 2.32. The van der Waals surface area contributed by atoms with Crippen LogP contribution in [-0.2, 0) is 11.8 Å². The van der Waals surface area contributed by atoms with E-state index in [1.54, 1.807) is 17.9 Å². The minimum Gasteiger partial charge on any atom is -0.505 e. The first-order valence-electron chi connectivity index (χ1n) is 7.78. The first-order chi connectivity index (χ1) is 11.6. The molecule has 1 aliphatic heterocycles. The lowest BCUT2D eigenvalue weighted by atomic mass is 10.1. The van der Waals surface area contributed by atoms with Gasteiger partial charge in [-0.25, -0.2) is 9.37 Å². The van der Waals surface area contributed by atoms with Gasteiger partial charge in [-0.15, -0.1) is 0 Å². The SMILES string of the molecule is Cn1nc(-c2ccnc(N3CCOCC3)c2)c2cc(O)c(F)cc21. The summed E-state index contributed by atoms with van der Waals surface area (Å²) in [5, 5.41) is 14.9. The second kappa shape index (κ2) is 5.76. The number of rotatable bonds is 2. The summed E-state index contributed by atoms with van der Waals surface area (Å²) in [6.45, 7) is 2.97. The fraction of sp³-hybridized carbons (Fsp3) is 0.294. The maximum Gasteiger partial charge on any atom is 0.166 e. The zero-order valence-corrected chi connectivity index (χ0v) is 13.2. The summed E-state index contributed by atoms with van der Waals surface area (Å²) in [7, 11) is 1.76. The zero-order chi connectivity index (χ0) is 16.7. The van der Waals surface area contributed by atoms with Crippen molar-refractivity contribution in [1.82, 2.24) is 14.8 Å². The van der Waals surface area contributed by atoms with Crippen LogP contribution in [0.5, 0.6) is 5.75 Å². The van der Waals surface area contributed by atoms with Crippen molar-refractivity contribution in [3.05, 3.63) is 36.3 Å². The van der Waals surface area contributed by atoms with Crippen molar-refractivity contribution in [2.24, 2.45) is 7.05 Å². The molecule has 0 aliphatic carbocycles. The lowest BCUT2D eigenvalue weighted by Gasteiger charge is -2.27. The van der Waals surface area contributed by atoms with Gasteiger partial charge in [0.2, 0.25) is 0 Å². The minimum absolute atomic E-state index is 0.376. The molecule has 0 bridgehead atoms. The van der Waals surface area contributed by atoms with E-state index < -0.39 is 5.82 Å². The van der Waals surface area contributed by atoms with Gasteiger partial charge in [-0.3, -0.25) is 4.68 Å². The van der Waals surface area contributed by atoms with E-state index >= 15 is 0 Å². The van der Waals surface area contributed by atoms with Crippen molar-refractivity contribution < 1.29 is 14.2 Å². The van der Waals surface area contributed by atoms with Crippen LogP contribution in [0.2, 0.25) is 0 Å². The number of phenolic OH excluding ortho intramolecular Hbond substituents is 1. The Bertz CT molecular complexity index is 903. The zero-order valence-electron chi connectivity index (χ0n) is 13.2. The number of halogens is 1. The van der Waals surface area contributed by atoms with E-state index in [0.29, 0.717) is 29.8 Å². The standard InChI is InChI=1S/C17H17FN4O2/c1-21-14-10-13(18)15(23)9-12(14)17(20-21)11-2-3-19-16(8-11)22-4-6-24-7-5-22/h2-3,8-10,23H,4-7H2,1H3. The number of hydrogen-bond donors (Lipinski definition) is 1. The van der Waals surface area contributed by atoms with Crippen molar-refractivity contribution in [3.63, 3.8) is 0 Å². The van der Waals surface area contributed by atoms with Gasteiger partial charge < -0.3 is 14.7 Å². The highest BCUT2D eigenvalue weighted by molar-refractivity contribution is 5.94. The maximum absolute atomic E-state index is 13.6. The van der Waals surface area contributed by atoms with Gasteiger partial charge >= 0.3 is 0 Å². The number of aromatic hydroxyl groups is 1. The number of benzene rings is 1. The van der Waals surface area contributed by atoms with E-state index in [2.05, 4.69) is 15.0 Å². The number of phenols is 1. The van der Waals surface area contributed by atoms with Crippen molar-refractivity contribution in [1.29, 1.82) is 0 Å². The van der Waals surface area contributed by atoms with Crippen LogP contribution < -0.4 is 4.90 Å². The van der Waals surface area contributed by atoms with Crippen LogP contribution in [0.4, 0.5) is 10.2 Å². The molecule has 1 N–H and O–H groups in total. The fourth-order valence-corrected chi connectivity index (χ4v) is 3.01. The summed E-state index contributed by atoms with van der Waals surface area (Å²) < 4.78 is 20.6. The molecule has 1 saturated heterocycles. The molecule has 0 spiro atoms. The summed E-state index contributed by atoms with van der Waals surface area (Å²) in [6, 6.07) is 6.55. The van der Waals surface area contributed by atoms with Crippen LogP contribution in [0.1, 0.15) is 0 Å². The molecular formula is C17H17FN4O2. The number of ether oxygens (including phenoxy) is 1. The molecule has 3 heterocycles. The maximum atomic E-state index is 13.6. The van der Waals surface area contributed by atoms with Crippen LogP contribution in [-0.4, -0.2) is 46.2 Å². The molecule has 0 amide bonds. The van der Waals surface area contributed by atoms with Crippen molar-refractivity contribution in [3.8, 4) is 17.0 Å². The molecule has 7 heteroatoms. The molecule has 6 nitrogen and oxygen atoms in total. The Morgan fingerprint density at radius 3 is 2.79 bits per heavy atom. The van der Waals surface area contributed by atoms with Gasteiger partial charge in [-0.2, -0.15) is 5.10 Å². The molecule has 0 unspecified atom stereocenters. The Kier molecular flexibility index (Phi) is 3.57. The average Bonchev–Trinajstić information content (AvgIpc) is 2.92. The highest BCUT2D eigenvalue weighted by Gasteiger charge is 2.17. The third-order valence-corrected chi connectivity index (χ3v) is 4.27. The predicted octanol–water partition coefficient (Wildman–Crippen LogP) is 2.32. The van der Waals surface area contributed by atoms with E-state index in [0.717, 1.165) is 24.5 Å². The smallest absolute Gasteiger partial charge is 0.166 e. The number of anilines is 1. The van der Waals surface area contributed by atoms with Gasteiger partial charge in [-0.05, 0) is 18.2 Å². The highest BCUT2D eigenvalue weighted by atomic mass is 19.1. The molecular weight excluding hydrogens is 311 g/mol. The molecule has 124 valence electrons. The number of fused-ring (bicyclic) bond motifs is 1. The van der Waals surface area contributed by atoms with Gasteiger partial charge in [0.15, 0.2) is 11.6 Å². The molecule has 4 rings (SSSR count). The van der Waals surface area contributed by atoms with E-state index in [4.69, 9.17) is 4.74 Å². The average molecular weight is 328 g/mol. The predicted molar refractivity (Wildman–Crippen MR) is 88.6 cm³/mol. The van der Waals surface area contributed by atoms with Crippen molar-refractivity contribution >= 4 is 16.7 Å². The minimum atomic E-state index is -0.652. The summed E-state index contributed by atoms with van der Waals surface area (Å²) in [5.74, 6) is -0.166. The first kappa shape index (κ1) is 14.9. The number of aromatic nitrogens is 3. The van der Waals surface area contributed by atoms with Crippen LogP contribution in [0.3, 0.4) is 0 Å². The number of morpholine rings is 1. The van der Waals surface area contributed by atoms with Gasteiger partial charge in [0.05, 0.1) is 18.7 Å². The largest absolute Gasteiger partial charge is 0.505 e. The summed E-state index contributed by atoms with van der Waals surface area (Å²) in [6.07, 6.45) is 1.74. The van der Waals surface area contributed by atoms with Gasteiger partial charge in [0, 0.05) is 43.4 Å². The van der Waals surface area contributed by atoms with Gasteiger partial charge in [0.25, 0.3) is 0 Å². The molecule has 24 heavy (non-hydrogen) atoms. The summed E-state index contributed by atoms with van der Waals surface area (Å²) in [5.41, 5.74) is 2.20. The Balaban J connectivity index is 1.81. The third-order valence-electron chi connectivity index (χ3n) is 4.27. The number of pyridine rings is 1. The van der Waals surface area contributed by atoms with Crippen molar-refractivity contribution in [2.45, 2.75) is 0 Å². The first-order valence-corrected chi connectivity index (χ1v) is 7.78. The quantitative estimate of drug-likeness (QED) is 0.782. The topological polar surface area (TPSA) is 63.4 Å². The third kappa shape index (κ3) is 2.46. The fourth-order valence-electron chi connectivity index (χ4n) is 3.01. The second-order valence-corrected chi connectivity index (χ2v) is 5.80. The number of hydrogen-bond acceptors (Lipinski definition) is 5. The van der Waals surface area contributed by atoms with E-state index in [1.165, 1.54) is 12.1 Å². The molecule has 1 fully saturated rings. The van der Waals surface area contributed by atoms with Crippen LogP contribution in [0.25, 0.3) is 22.2 Å². The second-order valence-electron chi connectivity index (χ2n) is 5.80. The van der Waals surface area contributed by atoms with Gasteiger partial charge in [0.1, 0.15) is 11.5 Å². The van der Waals surface area contributed by atoms with Crippen molar-refractivity contribution in [2.75, 3.05) is 31.2 Å². The number of nitrogens with zero attached hydrogens (tertiary/aromatic N) is 4. The summed E-state index contributed by atoms with van der Waals surface area (Å²) in [4.78, 5) is 6.60. The molecule has 3 aromatic rings. The molecule has 1 aromatic carbocycles. The van der Waals surface area contributed by atoms with E-state index in [-0.39, 0.29) is 5.75 Å². The van der Waals surface area contributed by atoms with Crippen LogP contribution in [0, 0.1) is 5.82 Å². The Labute approximate surface area is 138 Å². The molecule has 2 aromatic heterocycles. The normalized spacial score (nSPS) is 15.2. The van der Waals surface area contributed by atoms with Crippen LogP contribution in [0.15, 0.2) is 30.5 Å². The molecule has 1 aliphatic rings. The number of aryl methyl sites for hydroxylation is 1. The van der Waals surface area contributed by atoms with E-state index in [1.807, 2.05) is 12.1 Å².